The number of piperazine rings is 1. The maximum absolute atomic E-state index is 12.6. The van der Waals surface area contributed by atoms with E-state index in [0.29, 0.717) is 18.5 Å². The number of piperidine rings is 1. The summed E-state index contributed by atoms with van der Waals surface area (Å²) >= 11 is 0. The Labute approximate surface area is 193 Å². The van der Waals surface area contributed by atoms with Gasteiger partial charge in [-0.2, -0.15) is 4.52 Å². The van der Waals surface area contributed by atoms with E-state index >= 15 is 0 Å². The first-order valence-corrected chi connectivity index (χ1v) is 11.8. The van der Waals surface area contributed by atoms with Gasteiger partial charge in [-0.1, -0.05) is 6.07 Å². The first kappa shape index (κ1) is 21.5. The van der Waals surface area contributed by atoms with E-state index in [9.17, 15) is 4.79 Å². The van der Waals surface area contributed by atoms with Crippen LogP contribution in [-0.4, -0.2) is 77.0 Å². The van der Waals surface area contributed by atoms with Crippen LogP contribution in [0, 0.1) is 0 Å². The molecule has 2 aromatic heterocycles. The first-order chi connectivity index (χ1) is 16.2. The summed E-state index contributed by atoms with van der Waals surface area (Å²) in [6, 6.07) is 12.2. The maximum Gasteiger partial charge on any atom is 0.223 e. The molecule has 0 radical (unpaired) electrons. The van der Waals surface area contributed by atoms with Crippen LogP contribution in [0.25, 0.3) is 5.65 Å². The van der Waals surface area contributed by atoms with Crippen LogP contribution in [0.4, 0.5) is 11.5 Å². The van der Waals surface area contributed by atoms with Crippen molar-refractivity contribution in [2.75, 3.05) is 56.2 Å². The lowest BCUT2D eigenvalue weighted by molar-refractivity contribution is -0.132. The fourth-order valence-corrected chi connectivity index (χ4v) is 4.67. The molecule has 2 aliphatic rings. The van der Waals surface area contributed by atoms with Crippen LogP contribution in [0.2, 0.25) is 0 Å². The van der Waals surface area contributed by atoms with Gasteiger partial charge in [-0.05, 0) is 43.5 Å². The van der Waals surface area contributed by atoms with Crippen LogP contribution >= 0.6 is 0 Å². The highest BCUT2D eigenvalue weighted by molar-refractivity contribution is 5.76. The number of benzene rings is 1. The normalized spacial score (nSPS) is 16.9. The summed E-state index contributed by atoms with van der Waals surface area (Å²) in [4.78, 5) is 19.2. The minimum Gasteiger partial charge on any atom is -0.497 e. The Bertz CT molecular complexity index is 1100. The molecule has 0 saturated carbocycles. The molecule has 0 spiro atoms. The highest BCUT2D eigenvalue weighted by atomic mass is 16.5. The molecule has 9 nitrogen and oxygen atoms in total. The van der Waals surface area contributed by atoms with Crippen molar-refractivity contribution in [3.8, 4) is 5.75 Å². The summed E-state index contributed by atoms with van der Waals surface area (Å²) in [6.07, 6.45) is 4.44. The summed E-state index contributed by atoms with van der Waals surface area (Å²) in [5.74, 6) is 2.74. The third kappa shape index (κ3) is 4.72. The quantitative estimate of drug-likeness (QED) is 0.572. The standard InChI is InChI=1S/C24H31N7O2/c1-33-20-7-5-6-19(18-20)28-14-16-29(17-15-28)23-9-8-21-25-26-22(31(21)27-23)10-11-24(32)30-12-3-2-4-13-30/h5-9,18H,2-4,10-17H2,1H3. The number of aromatic nitrogens is 4. The number of hydrogen-bond donors (Lipinski definition) is 0. The summed E-state index contributed by atoms with van der Waals surface area (Å²) in [6.45, 7) is 5.33. The molecule has 0 atom stereocenters. The molecule has 33 heavy (non-hydrogen) atoms. The highest BCUT2D eigenvalue weighted by Crippen LogP contribution is 2.23. The third-order valence-electron chi connectivity index (χ3n) is 6.61. The fourth-order valence-electron chi connectivity index (χ4n) is 4.67. The second-order valence-corrected chi connectivity index (χ2v) is 8.69. The molecule has 3 aromatic rings. The summed E-state index contributed by atoms with van der Waals surface area (Å²) in [5.41, 5.74) is 1.89. The van der Waals surface area contributed by atoms with E-state index in [4.69, 9.17) is 9.84 Å². The maximum atomic E-state index is 12.6. The lowest BCUT2D eigenvalue weighted by atomic mass is 10.1. The zero-order valence-corrected chi connectivity index (χ0v) is 19.2. The first-order valence-electron chi connectivity index (χ1n) is 11.8. The van der Waals surface area contributed by atoms with Gasteiger partial charge >= 0.3 is 0 Å². The van der Waals surface area contributed by atoms with E-state index in [1.807, 2.05) is 29.2 Å². The third-order valence-corrected chi connectivity index (χ3v) is 6.61. The number of carbonyl (C=O) groups is 1. The number of carbonyl (C=O) groups excluding carboxylic acids is 1. The summed E-state index contributed by atoms with van der Waals surface area (Å²) in [7, 11) is 1.70. The highest BCUT2D eigenvalue weighted by Gasteiger charge is 2.21. The molecule has 1 amide bonds. The minimum absolute atomic E-state index is 0.205. The second-order valence-electron chi connectivity index (χ2n) is 8.69. The predicted molar refractivity (Wildman–Crippen MR) is 127 cm³/mol. The molecular weight excluding hydrogens is 418 g/mol. The number of hydrogen-bond acceptors (Lipinski definition) is 7. The average Bonchev–Trinajstić information content (AvgIpc) is 3.30. The van der Waals surface area contributed by atoms with E-state index in [1.54, 1.807) is 11.6 Å². The van der Waals surface area contributed by atoms with Gasteiger partial charge in [0.05, 0.1) is 7.11 Å². The number of methoxy groups -OCH3 is 1. The van der Waals surface area contributed by atoms with Crippen LogP contribution in [0.3, 0.4) is 0 Å². The zero-order chi connectivity index (χ0) is 22.6. The Kier molecular flexibility index (Phi) is 6.28. The number of nitrogens with zero attached hydrogens (tertiary/aromatic N) is 7. The molecule has 0 aliphatic carbocycles. The van der Waals surface area contributed by atoms with Gasteiger partial charge in [0.2, 0.25) is 5.91 Å². The fraction of sp³-hybridized carbons (Fsp3) is 0.500. The molecule has 2 saturated heterocycles. The van der Waals surface area contributed by atoms with Crippen molar-refractivity contribution in [2.45, 2.75) is 32.1 Å². The number of rotatable bonds is 6. The molecule has 4 heterocycles. The topological polar surface area (TPSA) is 79.1 Å². The van der Waals surface area contributed by atoms with Gasteiger partial charge in [-0.25, -0.2) is 0 Å². The van der Waals surface area contributed by atoms with Crippen molar-refractivity contribution >= 4 is 23.1 Å². The van der Waals surface area contributed by atoms with E-state index in [2.05, 4.69) is 32.1 Å². The molecule has 9 heteroatoms. The van der Waals surface area contributed by atoms with E-state index in [0.717, 1.165) is 69.5 Å². The minimum atomic E-state index is 0.205. The van der Waals surface area contributed by atoms with Crippen molar-refractivity contribution in [3.05, 3.63) is 42.2 Å². The zero-order valence-electron chi connectivity index (χ0n) is 19.2. The molecule has 0 bridgehead atoms. The molecule has 1 aromatic carbocycles. The number of anilines is 2. The van der Waals surface area contributed by atoms with Crippen molar-refractivity contribution < 1.29 is 9.53 Å². The summed E-state index contributed by atoms with van der Waals surface area (Å²) < 4.78 is 7.16. The van der Waals surface area contributed by atoms with Crippen LogP contribution in [-0.2, 0) is 11.2 Å². The largest absolute Gasteiger partial charge is 0.497 e. The van der Waals surface area contributed by atoms with E-state index < -0.39 is 0 Å². The SMILES string of the molecule is COc1cccc(N2CCN(c3ccc4nnc(CCC(=O)N5CCCCC5)n4n3)CC2)c1. The second kappa shape index (κ2) is 9.64. The van der Waals surface area contributed by atoms with Crippen LogP contribution in [0.1, 0.15) is 31.5 Å². The number of ether oxygens (including phenoxy) is 1. The van der Waals surface area contributed by atoms with Gasteiger partial charge < -0.3 is 19.4 Å². The molecular formula is C24H31N7O2. The Morgan fingerprint density at radius 2 is 1.73 bits per heavy atom. The molecule has 174 valence electrons. The molecule has 0 unspecified atom stereocenters. The number of fused-ring (bicyclic) bond motifs is 1. The lowest BCUT2D eigenvalue weighted by Crippen LogP contribution is -2.47. The van der Waals surface area contributed by atoms with Gasteiger partial charge in [0, 0.05) is 63.9 Å². The molecule has 0 N–H and O–H groups in total. The van der Waals surface area contributed by atoms with Gasteiger partial charge in [0.1, 0.15) is 11.6 Å². The Balaban J connectivity index is 1.23. The monoisotopic (exact) mass is 449 g/mol. The van der Waals surface area contributed by atoms with Crippen LogP contribution < -0.4 is 14.5 Å². The predicted octanol–water partition coefficient (Wildman–Crippen LogP) is 2.40. The van der Waals surface area contributed by atoms with Gasteiger partial charge in [-0.15, -0.1) is 15.3 Å². The van der Waals surface area contributed by atoms with Gasteiger partial charge in [-0.3, -0.25) is 4.79 Å². The van der Waals surface area contributed by atoms with E-state index in [1.165, 1.54) is 12.1 Å². The van der Waals surface area contributed by atoms with Gasteiger partial charge in [0.25, 0.3) is 0 Å². The van der Waals surface area contributed by atoms with Crippen LogP contribution in [0.15, 0.2) is 36.4 Å². The number of amides is 1. The summed E-state index contributed by atoms with van der Waals surface area (Å²) in [5, 5.41) is 13.4. The average molecular weight is 450 g/mol. The molecule has 5 rings (SSSR count). The molecule has 2 aliphatic heterocycles. The van der Waals surface area contributed by atoms with Gasteiger partial charge in [0.15, 0.2) is 11.5 Å². The van der Waals surface area contributed by atoms with Crippen molar-refractivity contribution in [1.29, 1.82) is 0 Å². The van der Waals surface area contributed by atoms with E-state index in [-0.39, 0.29) is 5.91 Å². The van der Waals surface area contributed by atoms with Crippen LogP contribution in [0.5, 0.6) is 5.75 Å². The Hall–Kier alpha value is -3.36. The Morgan fingerprint density at radius 1 is 0.939 bits per heavy atom. The number of aryl methyl sites for hydroxylation is 1. The Morgan fingerprint density at radius 3 is 2.52 bits per heavy atom. The lowest BCUT2D eigenvalue weighted by Gasteiger charge is -2.36. The van der Waals surface area contributed by atoms with Crippen molar-refractivity contribution in [1.82, 2.24) is 24.7 Å². The smallest absolute Gasteiger partial charge is 0.223 e. The molecule has 2 fully saturated rings. The van der Waals surface area contributed by atoms with Crippen molar-refractivity contribution in [3.63, 3.8) is 0 Å². The van der Waals surface area contributed by atoms with Crippen molar-refractivity contribution in [2.24, 2.45) is 0 Å². The number of likely N-dealkylation sites (tertiary alicyclic amines) is 1.